The molecule has 0 atom stereocenters. The van der Waals surface area contributed by atoms with E-state index in [1.807, 2.05) is 18.7 Å². The van der Waals surface area contributed by atoms with Crippen molar-refractivity contribution in [3.05, 3.63) is 17.0 Å². The third kappa shape index (κ3) is 1.19. The number of aryl methyl sites for hydroxylation is 2. The van der Waals surface area contributed by atoms with Gasteiger partial charge < -0.3 is 0 Å². The van der Waals surface area contributed by atoms with Gasteiger partial charge in [-0.25, -0.2) is 0 Å². The molecule has 0 radical (unpaired) electrons. The summed E-state index contributed by atoms with van der Waals surface area (Å²) < 4.78 is 3.00. The molecule has 1 heterocycles. The lowest BCUT2D eigenvalue weighted by molar-refractivity contribution is 0.729. The van der Waals surface area contributed by atoms with E-state index in [0.29, 0.717) is 0 Å². The van der Waals surface area contributed by atoms with Crippen LogP contribution in [0.3, 0.4) is 0 Å². The van der Waals surface area contributed by atoms with Gasteiger partial charge in [-0.2, -0.15) is 5.10 Å². The highest BCUT2D eigenvalue weighted by atomic mass is 127. The number of aromatic nitrogens is 2. The van der Waals surface area contributed by atoms with Crippen molar-refractivity contribution < 1.29 is 0 Å². The lowest BCUT2D eigenvalue weighted by Crippen LogP contribution is -1.95. The number of rotatable bonds is 1. The summed E-state index contributed by atoms with van der Waals surface area (Å²) in [5, 5.41) is 4.29. The van der Waals surface area contributed by atoms with Crippen LogP contribution in [0, 0.1) is 13.8 Å². The highest BCUT2D eigenvalue weighted by molar-refractivity contribution is 14.1. The summed E-state index contributed by atoms with van der Waals surface area (Å²) in [6.07, 6.45) is 0. The maximum absolute atomic E-state index is 4.29. The second kappa shape index (κ2) is 2.90. The molecule has 1 aromatic rings. The van der Waals surface area contributed by atoms with Gasteiger partial charge >= 0.3 is 0 Å². The van der Waals surface area contributed by atoms with Crippen LogP contribution in [-0.4, -0.2) is 9.78 Å². The van der Waals surface area contributed by atoms with Gasteiger partial charge in [0.25, 0.3) is 0 Å². The molecule has 10 heavy (non-hydrogen) atoms. The molecule has 0 aromatic carbocycles. The first-order chi connectivity index (χ1) is 4.66. The van der Waals surface area contributed by atoms with E-state index in [1.54, 1.807) is 0 Å². The van der Waals surface area contributed by atoms with Crippen molar-refractivity contribution in [3.63, 3.8) is 0 Å². The van der Waals surface area contributed by atoms with Gasteiger partial charge in [0, 0.05) is 11.5 Å². The van der Waals surface area contributed by atoms with Crippen LogP contribution >= 0.6 is 22.6 Å². The summed E-state index contributed by atoms with van der Waals surface area (Å²) in [7, 11) is 1.99. The number of hydrogen-bond donors (Lipinski definition) is 0. The predicted octanol–water partition coefficient (Wildman–Crippen LogP) is 1.97. The molecule has 0 amide bonds. The molecule has 0 aliphatic carbocycles. The Balaban J connectivity index is 3.20. The zero-order valence-corrected chi connectivity index (χ0v) is 8.64. The minimum Gasteiger partial charge on any atom is -0.271 e. The number of alkyl halides is 1. The minimum absolute atomic E-state index is 1.04. The lowest BCUT2D eigenvalue weighted by Gasteiger charge is -1.95. The smallest absolute Gasteiger partial charge is 0.0625 e. The Labute approximate surface area is 74.8 Å². The Morgan fingerprint density at radius 3 is 2.30 bits per heavy atom. The van der Waals surface area contributed by atoms with Gasteiger partial charge in [-0.1, -0.05) is 22.6 Å². The molecule has 0 aliphatic rings. The highest BCUT2D eigenvalue weighted by Gasteiger charge is 2.05. The van der Waals surface area contributed by atoms with Crippen LogP contribution in [0.1, 0.15) is 17.0 Å². The van der Waals surface area contributed by atoms with Crippen LogP contribution in [0.25, 0.3) is 0 Å². The fraction of sp³-hybridized carbons (Fsp3) is 0.571. The molecule has 0 N–H and O–H groups in total. The van der Waals surface area contributed by atoms with Crippen LogP contribution in [0.5, 0.6) is 0 Å². The molecule has 1 aromatic heterocycles. The summed E-state index contributed by atoms with van der Waals surface area (Å²) in [6.45, 7) is 4.17. The van der Waals surface area contributed by atoms with Crippen molar-refractivity contribution in [2.75, 3.05) is 0 Å². The van der Waals surface area contributed by atoms with Crippen molar-refractivity contribution >= 4 is 22.6 Å². The van der Waals surface area contributed by atoms with Crippen LogP contribution in [0.15, 0.2) is 0 Å². The normalized spacial score (nSPS) is 10.4. The van der Waals surface area contributed by atoms with Gasteiger partial charge in [-0.15, -0.1) is 0 Å². The summed E-state index contributed by atoms with van der Waals surface area (Å²) in [5.41, 5.74) is 3.81. The maximum Gasteiger partial charge on any atom is 0.0625 e. The second-order valence-electron chi connectivity index (χ2n) is 2.41. The third-order valence-electron chi connectivity index (χ3n) is 1.79. The summed E-state index contributed by atoms with van der Waals surface area (Å²) in [5.74, 6) is 0. The molecule has 2 nitrogen and oxygen atoms in total. The van der Waals surface area contributed by atoms with E-state index >= 15 is 0 Å². The first kappa shape index (κ1) is 8.04. The fourth-order valence-corrected chi connectivity index (χ4v) is 2.06. The van der Waals surface area contributed by atoms with Crippen molar-refractivity contribution in [3.8, 4) is 0 Å². The van der Waals surface area contributed by atoms with Crippen molar-refractivity contribution in [1.29, 1.82) is 0 Å². The monoisotopic (exact) mass is 250 g/mol. The zero-order chi connectivity index (χ0) is 7.72. The molecular weight excluding hydrogens is 239 g/mol. The lowest BCUT2D eigenvalue weighted by atomic mass is 10.2. The molecule has 0 spiro atoms. The molecule has 0 aliphatic heterocycles. The van der Waals surface area contributed by atoms with E-state index < -0.39 is 0 Å². The SMILES string of the molecule is Cc1nn(C)c(CI)c1C. The average molecular weight is 250 g/mol. The standard InChI is InChI=1S/C7H11IN2/c1-5-6(2)9-10(3)7(5)4-8/h4H2,1-3H3. The second-order valence-corrected chi connectivity index (χ2v) is 3.18. The zero-order valence-electron chi connectivity index (χ0n) is 6.48. The molecule has 0 bridgehead atoms. The Morgan fingerprint density at radius 1 is 1.50 bits per heavy atom. The highest BCUT2D eigenvalue weighted by Crippen LogP contribution is 2.13. The number of hydrogen-bond acceptors (Lipinski definition) is 1. The van der Waals surface area contributed by atoms with Crippen molar-refractivity contribution in [1.82, 2.24) is 9.78 Å². The van der Waals surface area contributed by atoms with E-state index in [1.165, 1.54) is 11.3 Å². The van der Waals surface area contributed by atoms with Gasteiger partial charge in [-0.3, -0.25) is 4.68 Å². The molecule has 0 saturated heterocycles. The van der Waals surface area contributed by atoms with E-state index in [4.69, 9.17) is 0 Å². The first-order valence-corrected chi connectivity index (χ1v) is 4.74. The maximum atomic E-state index is 4.29. The van der Waals surface area contributed by atoms with E-state index in [2.05, 4.69) is 34.6 Å². The molecular formula is C7H11IN2. The van der Waals surface area contributed by atoms with Gasteiger partial charge in [0.2, 0.25) is 0 Å². The average Bonchev–Trinajstić information content (AvgIpc) is 2.09. The Morgan fingerprint density at radius 2 is 2.10 bits per heavy atom. The van der Waals surface area contributed by atoms with Gasteiger partial charge in [0.05, 0.1) is 11.4 Å². The van der Waals surface area contributed by atoms with Crippen LogP contribution in [0.2, 0.25) is 0 Å². The number of nitrogens with zero attached hydrogens (tertiary/aromatic N) is 2. The van der Waals surface area contributed by atoms with Gasteiger partial charge in [-0.05, 0) is 19.4 Å². The topological polar surface area (TPSA) is 17.8 Å². The van der Waals surface area contributed by atoms with Crippen LogP contribution < -0.4 is 0 Å². The summed E-state index contributed by atoms with van der Waals surface area (Å²) >= 11 is 2.36. The Bertz CT molecular complexity index is 240. The Kier molecular flexibility index (Phi) is 2.33. The van der Waals surface area contributed by atoms with E-state index in [-0.39, 0.29) is 0 Å². The van der Waals surface area contributed by atoms with Gasteiger partial charge in [0.1, 0.15) is 0 Å². The van der Waals surface area contributed by atoms with Crippen LogP contribution in [0.4, 0.5) is 0 Å². The van der Waals surface area contributed by atoms with Crippen molar-refractivity contribution in [2.24, 2.45) is 7.05 Å². The van der Waals surface area contributed by atoms with E-state index in [9.17, 15) is 0 Å². The molecule has 0 fully saturated rings. The minimum atomic E-state index is 1.04. The Hall–Kier alpha value is -0.0600. The van der Waals surface area contributed by atoms with E-state index in [0.717, 1.165) is 10.1 Å². The fourth-order valence-electron chi connectivity index (χ4n) is 0.999. The summed E-state index contributed by atoms with van der Waals surface area (Å²) in [6, 6.07) is 0. The van der Waals surface area contributed by atoms with Gasteiger partial charge in [0.15, 0.2) is 0 Å². The molecule has 0 saturated carbocycles. The van der Waals surface area contributed by atoms with Crippen LogP contribution in [-0.2, 0) is 11.5 Å². The summed E-state index contributed by atoms with van der Waals surface area (Å²) in [4.78, 5) is 0. The number of halogens is 1. The molecule has 1 rings (SSSR count). The first-order valence-electron chi connectivity index (χ1n) is 3.22. The van der Waals surface area contributed by atoms with Crippen molar-refractivity contribution in [2.45, 2.75) is 18.3 Å². The largest absolute Gasteiger partial charge is 0.271 e. The molecule has 3 heteroatoms. The quantitative estimate of drug-likeness (QED) is 0.550. The third-order valence-corrected chi connectivity index (χ3v) is 2.52. The predicted molar refractivity (Wildman–Crippen MR) is 50.4 cm³/mol. The molecule has 56 valence electrons. The molecule has 0 unspecified atom stereocenters.